The van der Waals surface area contributed by atoms with Crippen LogP contribution in [0.5, 0.6) is 0 Å². The molecule has 0 radical (unpaired) electrons. The standard InChI is InChI=1S/C6H16N2S/c1-5(9)8-6(2,3)4-7/h5,8-9H,4,7H2,1-3H3. The van der Waals surface area contributed by atoms with Crippen molar-refractivity contribution in [1.82, 2.24) is 5.32 Å². The van der Waals surface area contributed by atoms with Crippen molar-refractivity contribution < 1.29 is 0 Å². The van der Waals surface area contributed by atoms with Crippen LogP contribution in [-0.4, -0.2) is 17.5 Å². The zero-order chi connectivity index (χ0) is 7.49. The Morgan fingerprint density at radius 2 is 2.11 bits per heavy atom. The smallest absolute Gasteiger partial charge is 0.0478 e. The molecule has 1 unspecified atom stereocenters. The van der Waals surface area contributed by atoms with Crippen molar-refractivity contribution in [2.24, 2.45) is 5.73 Å². The van der Waals surface area contributed by atoms with E-state index in [0.29, 0.717) is 6.54 Å². The molecule has 0 aliphatic heterocycles. The number of hydrogen-bond acceptors (Lipinski definition) is 3. The lowest BCUT2D eigenvalue weighted by molar-refractivity contribution is 0.398. The van der Waals surface area contributed by atoms with Crippen molar-refractivity contribution in [2.75, 3.05) is 6.54 Å². The van der Waals surface area contributed by atoms with E-state index in [1.807, 2.05) is 6.92 Å². The van der Waals surface area contributed by atoms with Crippen LogP contribution in [0.2, 0.25) is 0 Å². The molecule has 0 aromatic rings. The molecule has 0 fully saturated rings. The highest BCUT2D eigenvalue weighted by Gasteiger charge is 2.15. The van der Waals surface area contributed by atoms with Crippen LogP contribution in [-0.2, 0) is 0 Å². The molecule has 0 heterocycles. The molecule has 0 rings (SSSR count). The molecular weight excluding hydrogens is 132 g/mol. The minimum Gasteiger partial charge on any atom is -0.329 e. The van der Waals surface area contributed by atoms with Gasteiger partial charge in [-0.25, -0.2) is 0 Å². The molecule has 0 aromatic carbocycles. The second-order valence-electron chi connectivity index (χ2n) is 2.91. The fourth-order valence-corrected chi connectivity index (χ4v) is 0.974. The highest BCUT2D eigenvalue weighted by atomic mass is 32.1. The molecule has 0 bridgehead atoms. The summed E-state index contributed by atoms with van der Waals surface area (Å²) in [6.07, 6.45) is 0. The quantitative estimate of drug-likeness (QED) is 0.405. The Labute approximate surface area is 62.6 Å². The third-order valence-corrected chi connectivity index (χ3v) is 1.24. The fourth-order valence-electron chi connectivity index (χ4n) is 0.624. The van der Waals surface area contributed by atoms with E-state index in [2.05, 4.69) is 31.8 Å². The van der Waals surface area contributed by atoms with Crippen molar-refractivity contribution in [3.63, 3.8) is 0 Å². The Morgan fingerprint density at radius 1 is 1.67 bits per heavy atom. The number of nitrogens with two attached hydrogens (primary N) is 1. The van der Waals surface area contributed by atoms with Gasteiger partial charge in [-0.05, 0) is 20.8 Å². The van der Waals surface area contributed by atoms with Crippen molar-refractivity contribution in [1.29, 1.82) is 0 Å². The highest BCUT2D eigenvalue weighted by molar-refractivity contribution is 7.80. The van der Waals surface area contributed by atoms with Crippen LogP contribution in [0.4, 0.5) is 0 Å². The van der Waals surface area contributed by atoms with E-state index in [9.17, 15) is 0 Å². The van der Waals surface area contributed by atoms with Gasteiger partial charge in [0.1, 0.15) is 0 Å². The molecule has 2 nitrogen and oxygen atoms in total. The van der Waals surface area contributed by atoms with Gasteiger partial charge in [-0.3, -0.25) is 5.32 Å². The summed E-state index contributed by atoms with van der Waals surface area (Å²) in [6, 6.07) is 0. The minimum absolute atomic E-state index is 0.0150. The Bertz CT molecular complexity index is 81.1. The average molecular weight is 148 g/mol. The van der Waals surface area contributed by atoms with Crippen LogP contribution in [0, 0.1) is 0 Å². The van der Waals surface area contributed by atoms with Crippen LogP contribution in [0.15, 0.2) is 0 Å². The average Bonchev–Trinajstić information content (AvgIpc) is 1.63. The van der Waals surface area contributed by atoms with Gasteiger partial charge in [0.15, 0.2) is 0 Å². The third-order valence-electron chi connectivity index (χ3n) is 1.11. The largest absolute Gasteiger partial charge is 0.329 e. The SMILES string of the molecule is CC(S)NC(C)(C)CN. The zero-order valence-electron chi connectivity index (χ0n) is 6.31. The first-order valence-corrected chi connectivity index (χ1v) is 3.65. The Kier molecular flexibility index (Phi) is 3.54. The molecule has 0 saturated carbocycles. The highest BCUT2D eigenvalue weighted by Crippen LogP contribution is 2.01. The number of nitrogens with one attached hydrogen (secondary N) is 1. The zero-order valence-corrected chi connectivity index (χ0v) is 7.20. The van der Waals surface area contributed by atoms with Crippen LogP contribution in [0.25, 0.3) is 0 Å². The summed E-state index contributed by atoms with van der Waals surface area (Å²) in [5.74, 6) is 0. The summed E-state index contributed by atoms with van der Waals surface area (Å²) >= 11 is 4.18. The van der Waals surface area contributed by atoms with Crippen LogP contribution >= 0.6 is 12.6 Å². The number of hydrogen-bond donors (Lipinski definition) is 3. The fraction of sp³-hybridized carbons (Fsp3) is 1.00. The first-order valence-electron chi connectivity index (χ1n) is 3.14. The normalized spacial score (nSPS) is 15.7. The monoisotopic (exact) mass is 148 g/mol. The van der Waals surface area contributed by atoms with Gasteiger partial charge in [0.25, 0.3) is 0 Å². The van der Waals surface area contributed by atoms with Crippen molar-refractivity contribution >= 4 is 12.6 Å². The molecule has 3 heteroatoms. The summed E-state index contributed by atoms with van der Waals surface area (Å²) in [5, 5.41) is 3.42. The molecule has 0 saturated heterocycles. The van der Waals surface area contributed by atoms with Gasteiger partial charge in [0.05, 0.1) is 0 Å². The van der Waals surface area contributed by atoms with Crippen molar-refractivity contribution in [2.45, 2.75) is 31.7 Å². The van der Waals surface area contributed by atoms with Crippen molar-refractivity contribution in [3.05, 3.63) is 0 Å². The van der Waals surface area contributed by atoms with Gasteiger partial charge in [-0.1, -0.05) is 0 Å². The van der Waals surface area contributed by atoms with Gasteiger partial charge >= 0.3 is 0 Å². The van der Waals surface area contributed by atoms with E-state index >= 15 is 0 Å². The van der Waals surface area contributed by atoms with Gasteiger partial charge in [0.2, 0.25) is 0 Å². The van der Waals surface area contributed by atoms with E-state index in [-0.39, 0.29) is 10.9 Å². The molecule has 9 heavy (non-hydrogen) atoms. The van der Waals surface area contributed by atoms with E-state index in [0.717, 1.165) is 0 Å². The van der Waals surface area contributed by atoms with Crippen LogP contribution in [0.1, 0.15) is 20.8 Å². The second kappa shape index (κ2) is 3.44. The molecular formula is C6H16N2S. The minimum atomic E-state index is 0.0150. The summed E-state index contributed by atoms with van der Waals surface area (Å²) in [6.45, 7) is 6.73. The Morgan fingerprint density at radius 3 is 2.22 bits per heavy atom. The molecule has 0 aliphatic rings. The van der Waals surface area contributed by atoms with E-state index in [1.54, 1.807) is 0 Å². The van der Waals surface area contributed by atoms with E-state index < -0.39 is 0 Å². The third kappa shape index (κ3) is 4.75. The number of thiol groups is 1. The maximum Gasteiger partial charge on any atom is 0.0478 e. The van der Waals surface area contributed by atoms with Gasteiger partial charge in [-0.2, -0.15) is 12.6 Å². The van der Waals surface area contributed by atoms with Crippen molar-refractivity contribution in [3.8, 4) is 0 Å². The predicted molar refractivity (Wildman–Crippen MR) is 44.7 cm³/mol. The second-order valence-corrected chi connectivity index (χ2v) is 3.68. The molecule has 3 N–H and O–H groups in total. The maximum absolute atomic E-state index is 5.46. The summed E-state index contributed by atoms with van der Waals surface area (Å²) in [7, 11) is 0. The molecule has 0 spiro atoms. The Hall–Kier alpha value is 0.270. The van der Waals surface area contributed by atoms with Gasteiger partial charge in [0, 0.05) is 17.5 Å². The first kappa shape index (κ1) is 9.27. The molecule has 0 aromatic heterocycles. The molecule has 1 atom stereocenters. The lowest BCUT2D eigenvalue weighted by Gasteiger charge is -2.26. The lowest BCUT2D eigenvalue weighted by atomic mass is 10.1. The molecule has 56 valence electrons. The molecule has 0 amide bonds. The van der Waals surface area contributed by atoms with E-state index in [4.69, 9.17) is 5.73 Å². The van der Waals surface area contributed by atoms with Crippen LogP contribution < -0.4 is 11.1 Å². The van der Waals surface area contributed by atoms with E-state index in [1.165, 1.54) is 0 Å². The lowest BCUT2D eigenvalue weighted by Crippen LogP contribution is -2.48. The van der Waals surface area contributed by atoms with Crippen LogP contribution in [0.3, 0.4) is 0 Å². The summed E-state index contributed by atoms with van der Waals surface area (Å²) in [5.41, 5.74) is 5.47. The van der Waals surface area contributed by atoms with Gasteiger partial charge in [-0.15, -0.1) is 0 Å². The first-order chi connectivity index (χ1) is 3.98. The molecule has 0 aliphatic carbocycles. The maximum atomic E-state index is 5.46. The Balaban J connectivity index is 3.58. The number of rotatable bonds is 3. The topological polar surface area (TPSA) is 38.0 Å². The summed E-state index contributed by atoms with van der Waals surface area (Å²) < 4.78 is 0. The van der Waals surface area contributed by atoms with Gasteiger partial charge < -0.3 is 5.73 Å². The predicted octanol–water partition coefficient (Wildman–Crippen LogP) is 0.589. The summed E-state index contributed by atoms with van der Waals surface area (Å²) in [4.78, 5) is 0.